The van der Waals surface area contributed by atoms with Crippen LogP contribution in [-0.4, -0.2) is 35.1 Å². The molecule has 0 saturated carbocycles. The molecular formula is C27H27BrCl2N2O2S. The predicted octanol–water partition coefficient (Wildman–Crippen LogP) is 6.77. The van der Waals surface area contributed by atoms with Crippen LogP contribution in [0.5, 0.6) is 0 Å². The van der Waals surface area contributed by atoms with Crippen LogP contribution in [0.4, 0.5) is 0 Å². The number of hydrogen-bond acceptors (Lipinski definition) is 3. The Bertz CT molecular complexity index is 1150. The van der Waals surface area contributed by atoms with Gasteiger partial charge in [0.05, 0.1) is 15.8 Å². The lowest BCUT2D eigenvalue weighted by atomic mass is 10.0. The number of likely N-dealkylation sites (N-methyl/N-ethyl adjacent to an activating group) is 1. The Kier molecular flexibility index (Phi) is 11.0. The number of rotatable bonds is 11. The van der Waals surface area contributed by atoms with Crippen LogP contribution in [-0.2, 0) is 28.3 Å². The van der Waals surface area contributed by atoms with Crippen molar-refractivity contribution in [2.24, 2.45) is 0 Å². The van der Waals surface area contributed by atoms with Gasteiger partial charge >= 0.3 is 0 Å². The van der Waals surface area contributed by atoms with Gasteiger partial charge in [0.2, 0.25) is 11.8 Å². The highest BCUT2D eigenvalue weighted by atomic mass is 79.9. The molecule has 0 radical (unpaired) electrons. The SMILES string of the molecule is CCNC(=O)[C@H](Cc1ccccc1)N(Cc1cccc(Br)c1)C(=O)CSCc1ccc(Cl)c(Cl)c1. The average molecular weight is 594 g/mol. The minimum Gasteiger partial charge on any atom is -0.355 e. The molecule has 35 heavy (non-hydrogen) atoms. The zero-order valence-corrected chi connectivity index (χ0v) is 23.3. The maximum atomic E-state index is 13.6. The second-order valence-corrected chi connectivity index (χ2v) is 10.7. The van der Waals surface area contributed by atoms with Gasteiger partial charge in [-0.15, -0.1) is 11.8 Å². The van der Waals surface area contributed by atoms with E-state index in [0.717, 1.165) is 21.2 Å². The molecule has 0 unspecified atom stereocenters. The summed E-state index contributed by atoms with van der Waals surface area (Å²) < 4.78 is 0.925. The Balaban J connectivity index is 1.82. The Morgan fingerprint density at radius 2 is 1.69 bits per heavy atom. The van der Waals surface area contributed by atoms with Crippen LogP contribution < -0.4 is 5.32 Å². The number of carbonyl (C=O) groups is 2. The van der Waals surface area contributed by atoms with Crippen molar-refractivity contribution in [3.8, 4) is 0 Å². The van der Waals surface area contributed by atoms with Crippen LogP contribution in [0, 0.1) is 0 Å². The molecule has 0 fully saturated rings. The highest BCUT2D eigenvalue weighted by Gasteiger charge is 2.30. The van der Waals surface area contributed by atoms with Crippen LogP contribution in [0.2, 0.25) is 10.0 Å². The summed E-state index contributed by atoms with van der Waals surface area (Å²) in [4.78, 5) is 28.4. The fraction of sp³-hybridized carbons (Fsp3) is 0.259. The van der Waals surface area contributed by atoms with Gasteiger partial charge in [-0.2, -0.15) is 0 Å². The first-order valence-electron chi connectivity index (χ1n) is 11.2. The van der Waals surface area contributed by atoms with E-state index in [1.54, 1.807) is 11.0 Å². The number of amides is 2. The van der Waals surface area contributed by atoms with Crippen molar-refractivity contribution in [1.82, 2.24) is 10.2 Å². The molecule has 0 heterocycles. The van der Waals surface area contributed by atoms with Gasteiger partial charge in [-0.25, -0.2) is 0 Å². The third-order valence-electron chi connectivity index (χ3n) is 5.34. The standard InChI is InChI=1S/C27H27BrCl2N2O2S/c1-2-31-27(34)25(15-19-7-4-3-5-8-19)32(16-20-9-6-10-22(28)13-20)26(33)18-35-17-21-11-12-23(29)24(30)14-21/h3-14,25H,2,15-18H2,1H3,(H,31,34)/t25-/m0/s1. The third kappa shape index (κ3) is 8.57. The molecular weight excluding hydrogens is 567 g/mol. The number of halogens is 3. The lowest BCUT2D eigenvalue weighted by molar-refractivity contribution is -0.139. The summed E-state index contributed by atoms with van der Waals surface area (Å²) in [6, 6.07) is 22.4. The summed E-state index contributed by atoms with van der Waals surface area (Å²) in [5, 5.41) is 3.91. The summed E-state index contributed by atoms with van der Waals surface area (Å²) in [6.07, 6.45) is 0.434. The first-order valence-corrected chi connectivity index (χ1v) is 13.9. The fourth-order valence-corrected chi connectivity index (χ4v) is 5.27. The first-order chi connectivity index (χ1) is 16.9. The van der Waals surface area contributed by atoms with Gasteiger partial charge < -0.3 is 10.2 Å². The van der Waals surface area contributed by atoms with Crippen molar-refractivity contribution >= 4 is 62.7 Å². The summed E-state index contributed by atoms with van der Waals surface area (Å²) in [7, 11) is 0. The molecule has 1 N–H and O–H groups in total. The molecule has 0 spiro atoms. The summed E-state index contributed by atoms with van der Waals surface area (Å²) in [5.74, 6) is 0.591. The smallest absolute Gasteiger partial charge is 0.243 e. The molecule has 0 aliphatic heterocycles. The summed E-state index contributed by atoms with van der Waals surface area (Å²) in [6.45, 7) is 2.71. The average Bonchev–Trinajstić information content (AvgIpc) is 2.84. The topological polar surface area (TPSA) is 49.4 Å². The Morgan fingerprint density at radius 3 is 2.37 bits per heavy atom. The van der Waals surface area contributed by atoms with Gasteiger partial charge in [0, 0.05) is 29.7 Å². The molecule has 184 valence electrons. The Hall–Kier alpha value is -1.99. The Labute approximate surface area is 229 Å². The molecule has 3 aromatic carbocycles. The van der Waals surface area contributed by atoms with Crippen LogP contribution in [0.3, 0.4) is 0 Å². The van der Waals surface area contributed by atoms with Crippen molar-refractivity contribution in [2.45, 2.75) is 31.7 Å². The van der Waals surface area contributed by atoms with E-state index in [2.05, 4.69) is 21.2 Å². The highest BCUT2D eigenvalue weighted by molar-refractivity contribution is 9.10. The number of hydrogen-bond donors (Lipinski definition) is 1. The van der Waals surface area contributed by atoms with E-state index in [-0.39, 0.29) is 17.6 Å². The normalized spacial score (nSPS) is 11.7. The molecule has 0 aliphatic carbocycles. The molecule has 4 nitrogen and oxygen atoms in total. The zero-order chi connectivity index (χ0) is 25.2. The monoisotopic (exact) mass is 592 g/mol. The maximum Gasteiger partial charge on any atom is 0.243 e. The van der Waals surface area contributed by atoms with E-state index in [4.69, 9.17) is 23.2 Å². The van der Waals surface area contributed by atoms with E-state index in [1.165, 1.54) is 11.8 Å². The van der Waals surface area contributed by atoms with E-state index >= 15 is 0 Å². The van der Waals surface area contributed by atoms with Crippen LogP contribution in [0.25, 0.3) is 0 Å². The van der Waals surface area contributed by atoms with E-state index in [1.807, 2.05) is 73.7 Å². The van der Waals surface area contributed by atoms with Crippen molar-refractivity contribution in [3.63, 3.8) is 0 Å². The minimum atomic E-state index is -0.630. The predicted molar refractivity (Wildman–Crippen MR) is 150 cm³/mol. The van der Waals surface area contributed by atoms with Gasteiger partial charge in [-0.05, 0) is 47.9 Å². The van der Waals surface area contributed by atoms with Crippen molar-refractivity contribution in [3.05, 3.63) is 104 Å². The number of nitrogens with zero attached hydrogens (tertiary/aromatic N) is 1. The maximum absolute atomic E-state index is 13.6. The Morgan fingerprint density at radius 1 is 0.943 bits per heavy atom. The quantitative estimate of drug-likeness (QED) is 0.267. The van der Waals surface area contributed by atoms with Crippen molar-refractivity contribution in [1.29, 1.82) is 0 Å². The van der Waals surface area contributed by atoms with Gasteiger partial charge in [-0.3, -0.25) is 9.59 Å². The number of thioether (sulfide) groups is 1. The molecule has 0 aliphatic rings. The van der Waals surface area contributed by atoms with Gasteiger partial charge in [-0.1, -0.05) is 87.7 Å². The lowest BCUT2D eigenvalue weighted by Gasteiger charge is -2.31. The zero-order valence-electron chi connectivity index (χ0n) is 19.3. The highest BCUT2D eigenvalue weighted by Crippen LogP contribution is 2.25. The van der Waals surface area contributed by atoms with E-state index < -0.39 is 6.04 Å². The van der Waals surface area contributed by atoms with Crippen molar-refractivity contribution < 1.29 is 9.59 Å². The van der Waals surface area contributed by atoms with Gasteiger partial charge in [0.25, 0.3) is 0 Å². The summed E-state index contributed by atoms with van der Waals surface area (Å²) in [5.41, 5.74) is 2.93. The summed E-state index contributed by atoms with van der Waals surface area (Å²) >= 11 is 17.1. The molecule has 8 heteroatoms. The largest absolute Gasteiger partial charge is 0.355 e. The fourth-order valence-electron chi connectivity index (χ4n) is 3.65. The van der Waals surface area contributed by atoms with Crippen LogP contribution in [0.1, 0.15) is 23.6 Å². The molecule has 2 amide bonds. The molecule has 0 bridgehead atoms. The van der Waals surface area contributed by atoms with Crippen LogP contribution >= 0.6 is 50.9 Å². The lowest BCUT2D eigenvalue weighted by Crippen LogP contribution is -2.51. The first kappa shape index (κ1) is 27.6. The van der Waals surface area contributed by atoms with Gasteiger partial charge in [0.15, 0.2) is 0 Å². The van der Waals surface area contributed by atoms with Crippen molar-refractivity contribution in [2.75, 3.05) is 12.3 Å². The number of carbonyl (C=O) groups excluding carboxylic acids is 2. The second-order valence-electron chi connectivity index (χ2n) is 7.99. The third-order valence-corrected chi connectivity index (χ3v) is 7.56. The molecule has 0 saturated heterocycles. The van der Waals surface area contributed by atoms with Crippen LogP contribution in [0.15, 0.2) is 77.3 Å². The number of benzene rings is 3. The van der Waals surface area contributed by atoms with E-state index in [0.29, 0.717) is 35.3 Å². The molecule has 0 aromatic heterocycles. The molecule has 3 rings (SSSR count). The minimum absolute atomic E-state index is 0.0952. The molecule has 3 aromatic rings. The second kappa shape index (κ2) is 13.9. The molecule has 1 atom stereocenters. The van der Waals surface area contributed by atoms with E-state index in [9.17, 15) is 9.59 Å². The number of nitrogens with one attached hydrogen (secondary N) is 1. The van der Waals surface area contributed by atoms with Gasteiger partial charge in [0.1, 0.15) is 6.04 Å².